The Balaban J connectivity index is 2.08. The van der Waals surface area contributed by atoms with Crippen LogP contribution in [0.25, 0.3) is 27.6 Å². The number of ether oxygens (including phenoxy) is 1. The lowest BCUT2D eigenvalue weighted by molar-refractivity contribution is 0.414. The molecule has 2 aromatic carbocycles. The van der Waals surface area contributed by atoms with E-state index in [9.17, 15) is 4.79 Å². The van der Waals surface area contributed by atoms with Crippen molar-refractivity contribution in [3.05, 3.63) is 58.9 Å². The van der Waals surface area contributed by atoms with Gasteiger partial charge < -0.3 is 9.72 Å². The zero-order valence-corrected chi connectivity index (χ0v) is 15.6. The molecule has 0 atom stereocenters. The third kappa shape index (κ3) is 2.76. The number of para-hydroxylation sites is 1. The molecule has 0 aliphatic carbocycles. The van der Waals surface area contributed by atoms with Crippen LogP contribution in [-0.4, -0.2) is 26.9 Å². The first-order chi connectivity index (χ1) is 12.6. The van der Waals surface area contributed by atoms with Crippen LogP contribution >= 0.6 is 11.8 Å². The standard InChI is InChI=1S/C20H19N3O2S/c1-12(2)26-20-22-17-15-9-4-5-10-16(15)21-18(17)19(24)23(20)13-7-6-8-14(11-13)25-3/h4-12,21H,1-3H3. The first-order valence-corrected chi connectivity index (χ1v) is 9.31. The van der Waals surface area contributed by atoms with Gasteiger partial charge in [-0.05, 0) is 18.2 Å². The predicted octanol–water partition coefficient (Wildman–Crippen LogP) is 4.38. The molecule has 0 fully saturated rings. The highest BCUT2D eigenvalue weighted by molar-refractivity contribution is 7.99. The minimum absolute atomic E-state index is 0.109. The number of rotatable bonds is 4. The van der Waals surface area contributed by atoms with E-state index >= 15 is 0 Å². The summed E-state index contributed by atoms with van der Waals surface area (Å²) in [5, 5.41) is 1.93. The lowest BCUT2D eigenvalue weighted by atomic mass is 10.2. The Kier molecular flexibility index (Phi) is 4.20. The molecule has 4 rings (SSSR count). The minimum Gasteiger partial charge on any atom is -0.497 e. The fourth-order valence-electron chi connectivity index (χ4n) is 3.01. The molecule has 6 heteroatoms. The number of methoxy groups -OCH3 is 1. The molecule has 5 nitrogen and oxygen atoms in total. The topological polar surface area (TPSA) is 59.9 Å². The van der Waals surface area contributed by atoms with E-state index < -0.39 is 0 Å². The average molecular weight is 365 g/mol. The van der Waals surface area contributed by atoms with Gasteiger partial charge in [0.1, 0.15) is 16.8 Å². The maximum absolute atomic E-state index is 13.3. The summed E-state index contributed by atoms with van der Waals surface area (Å²) in [5.41, 5.74) is 2.78. The van der Waals surface area contributed by atoms with Crippen molar-refractivity contribution in [3.8, 4) is 11.4 Å². The molecule has 0 amide bonds. The highest BCUT2D eigenvalue weighted by atomic mass is 32.2. The summed E-state index contributed by atoms with van der Waals surface area (Å²) >= 11 is 1.57. The van der Waals surface area contributed by atoms with E-state index in [0.29, 0.717) is 27.2 Å². The third-order valence-electron chi connectivity index (χ3n) is 4.15. The molecule has 0 radical (unpaired) electrons. The molecule has 0 spiro atoms. The summed E-state index contributed by atoms with van der Waals surface area (Å²) in [5.74, 6) is 0.701. The molecule has 0 saturated carbocycles. The predicted molar refractivity (Wildman–Crippen MR) is 107 cm³/mol. The van der Waals surface area contributed by atoms with Crippen LogP contribution in [0.2, 0.25) is 0 Å². The number of hydrogen-bond acceptors (Lipinski definition) is 4. The molecule has 0 aliphatic rings. The molecular formula is C20H19N3O2S. The molecule has 26 heavy (non-hydrogen) atoms. The van der Waals surface area contributed by atoms with Gasteiger partial charge in [0.05, 0.1) is 12.8 Å². The fraction of sp³-hybridized carbons (Fsp3) is 0.200. The van der Waals surface area contributed by atoms with Gasteiger partial charge >= 0.3 is 0 Å². The molecule has 0 aliphatic heterocycles. The number of nitrogens with one attached hydrogen (secondary N) is 1. The van der Waals surface area contributed by atoms with E-state index in [1.807, 2.05) is 48.5 Å². The second-order valence-electron chi connectivity index (χ2n) is 6.30. The van der Waals surface area contributed by atoms with Crippen LogP contribution in [0.15, 0.2) is 58.5 Å². The monoisotopic (exact) mass is 365 g/mol. The van der Waals surface area contributed by atoms with E-state index in [2.05, 4.69) is 18.8 Å². The number of thioether (sulfide) groups is 1. The molecule has 0 unspecified atom stereocenters. The second-order valence-corrected chi connectivity index (χ2v) is 7.84. The van der Waals surface area contributed by atoms with Gasteiger partial charge in [0.25, 0.3) is 5.56 Å². The molecule has 0 bridgehead atoms. The smallest absolute Gasteiger partial charge is 0.283 e. The average Bonchev–Trinajstić information content (AvgIpc) is 3.01. The van der Waals surface area contributed by atoms with Crippen molar-refractivity contribution < 1.29 is 4.74 Å². The minimum atomic E-state index is -0.109. The molecule has 0 saturated heterocycles. The van der Waals surface area contributed by atoms with Crippen LogP contribution in [0.1, 0.15) is 13.8 Å². The van der Waals surface area contributed by atoms with E-state index in [4.69, 9.17) is 9.72 Å². The molecule has 1 N–H and O–H groups in total. The van der Waals surface area contributed by atoms with E-state index in [1.165, 1.54) is 0 Å². The molecule has 4 aromatic rings. The molecule has 132 valence electrons. The van der Waals surface area contributed by atoms with E-state index in [1.54, 1.807) is 23.4 Å². The highest BCUT2D eigenvalue weighted by Crippen LogP contribution is 2.28. The summed E-state index contributed by atoms with van der Waals surface area (Å²) < 4.78 is 6.98. The largest absolute Gasteiger partial charge is 0.497 e. The maximum Gasteiger partial charge on any atom is 0.283 e. The number of fused-ring (bicyclic) bond motifs is 3. The van der Waals surface area contributed by atoms with Gasteiger partial charge in [-0.3, -0.25) is 9.36 Å². The summed E-state index contributed by atoms with van der Waals surface area (Å²) in [6, 6.07) is 15.3. The Hall–Kier alpha value is -2.73. The quantitative estimate of drug-likeness (QED) is 0.431. The van der Waals surface area contributed by atoms with Crippen molar-refractivity contribution in [2.75, 3.05) is 7.11 Å². The van der Waals surface area contributed by atoms with Crippen molar-refractivity contribution in [1.82, 2.24) is 14.5 Å². The summed E-state index contributed by atoms with van der Waals surface area (Å²) in [4.78, 5) is 21.4. The van der Waals surface area contributed by atoms with Gasteiger partial charge in [-0.2, -0.15) is 0 Å². The molecule has 2 aromatic heterocycles. The normalized spacial score (nSPS) is 11.5. The van der Waals surface area contributed by atoms with Crippen LogP contribution in [0, 0.1) is 0 Å². The Morgan fingerprint density at radius 3 is 2.73 bits per heavy atom. The van der Waals surface area contributed by atoms with Gasteiger partial charge in [-0.1, -0.05) is 49.9 Å². The number of aromatic nitrogens is 3. The first-order valence-electron chi connectivity index (χ1n) is 8.43. The zero-order chi connectivity index (χ0) is 18.3. The Bertz CT molecular complexity index is 1160. The number of nitrogens with zero attached hydrogens (tertiary/aromatic N) is 2. The summed E-state index contributed by atoms with van der Waals surface area (Å²) in [7, 11) is 1.62. The van der Waals surface area contributed by atoms with Gasteiger partial charge in [0, 0.05) is 22.2 Å². The van der Waals surface area contributed by atoms with Crippen molar-refractivity contribution in [2.24, 2.45) is 0 Å². The second kappa shape index (κ2) is 6.53. The van der Waals surface area contributed by atoms with Gasteiger partial charge in [0.15, 0.2) is 5.16 Å². The number of H-pyrrole nitrogens is 1. The summed E-state index contributed by atoms with van der Waals surface area (Å²) in [6.07, 6.45) is 0. The Morgan fingerprint density at radius 2 is 1.96 bits per heavy atom. The Morgan fingerprint density at radius 1 is 1.15 bits per heavy atom. The van der Waals surface area contributed by atoms with Crippen LogP contribution < -0.4 is 10.3 Å². The summed E-state index contributed by atoms with van der Waals surface area (Å²) in [6.45, 7) is 4.18. The highest BCUT2D eigenvalue weighted by Gasteiger charge is 2.18. The first kappa shape index (κ1) is 16.7. The lowest BCUT2D eigenvalue weighted by Crippen LogP contribution is -2.22. The maximum atomic E-state index is 13.3. The van der Waals surface area contributed by atoms with Crippen LogP contribution in [0.3, 0.4) is 0 Å². The lowest BCUT2D eigenvalue weighted by Gasteiger charge is -2.14. The van der Waals surface area contributed by atoms with E-state index in [-0.39, 0.29) is 5.56 Å². The van der Waals surface area contributed by atoms with Crippen molar-refractivity contribution in [2.45, 2.75) is 24.3 Å². The van der Waals surface area contributed by atoms with Gasteiger partial charge in [-0.15, -0.1) is 0 Å². The number of hydrogen-bond donors (Lipinski definition) is 1. The van der Waals surface area contributed by atoms with Crippen LogP contribution in [-0.2, 0) is 0 Å². The number of benzene rings is 2. The van der Waals surface area contributed by atoms with Crippen LogP contribution in [0.5, 0.6) is 5.75 Å². The van der Waals surface area contributed by atoms with Gasteiger partial charge in [0.2, 0.25) is 0 Å². The van der Waals surface area contributed by atoms with Crippen LogP contribution in [0.4, 0.5) is 0 Å². The molecule has 2 heterocycles. The third-order valence-corrected chi connectivity index (χ3v) is 5.10. The number of aromatic amines is 1. The fourth-order valence-corrected chi connectivity index (χ4v) is 3.87. The Labute approximate surface area is 155 Å². The van der Waals surface area contributed by atoms with Crippen molar-refractivity contribution in [1.29, 1.82) is 0 Å². The van der Waals surface area contributed by atoms with Crippen molar-refractivity contribution >= 4 is 33.7 Å². The molecular weight excluding hydrogens is 346 g/mol. The zero-order valence-electron chi connectivity index (χ0n) is 14.8. The van der Waals surface area contributed by atoms with E-state index in [0.717, 1.165) is 16.6 Å². The van der Waals surface area contributed by atoms with Gasteiger partial charge in [-0.25, -0.2) is 4.98 Å². The SMILES string of the molecule is COc1cccc(-n2c(SC(C)C)nc3c([nH]c4ccccc43)c2=O)c1. The van der Waals surface area contributed by atoms with Crippen molar-refractivity contribution in [3.63, 3.8) is 0 Å².